The third-order valence-corrected chi connectivity index (χ3v) is 4.40. The summed E-state index contributed by atoms with van der Waals surface area (Å²) in [6, 6.07) is 21.5. The first-order chi connectivity index (χ1) is 12.7. The smallest absolute Gasteiger partial charge is 0.180 e. The third-order valence-electron chi connectivity index (χ3n) is 4.12. The van der Waals surface area contributed by atoms with Gasteiger partial charge in [0.1, 0.15) is 12.4 Å². The maximum Gasteiger partial charge on any atom is 0.180 e. The molecular formula is C21H17ClN2O2. The Bertz CT molecular complexity index is 1010. The molecule has 4 nitrogen and oxygen atoms in total. The Morgan fingerprint density at radius 1 is 1.00 bits per heavy atom. The molecule has 1 aromatic heterocycles. The van der Waals surface area contributed by atoms with Gasteiger partial charge < -0.3 is 14.5 Å². The van der Waals surface area contributed by atoms with Crippen LogP contribution in [0.3, 0.4) is 0 Å². The van der Waals surface area contributed by atoms with Gasteiger partial charge in [-0.15, -0.1) is 0 Å². The minimum absolute atomic E-state index is 0.418. The predicted molar refractivity (Wildman–Crippen MR) is 104 cm³/mol. The van der Waals surface area contributed by atoms with Crippen molar-refractivity contribution in [2.75, 3.05) is 7.11 Å². The van der Waals surface area contributed by atoms with Gasteiger partial charge in [0.15, 0.2) is 11.5 Å². The zero-order valence-corrected chi connectivity index (χ0v) is 15.0. The topological polar surface area (TPSA) is 47.1 Å². The number of fused-ring (bicyclic) bond motifs is 1. The lowest BCUT2D eigenvalue weighted by Crippen LogP contribution is -1.99. The van der Waals surface area contributed by atoms with Gasteiger partial charge in [0.05, 0.1) is 23.2 Å². The van der Waals surface area contributed by atoms with Crippen LogP contribution in [-0.4, -0.2) is 17.1 Å². The normalized spacial score (nSPS) is 10.8. The number of aromatic amines is 1. The largest absolute Gasteiger partial charge is 0.493 e. The van der Waals surface area contributed by atoms with Crippen LogP contribution in [0, 0.1) is 0 Å². The summed E-state index contributed by atoms with van der Waals surface area (Å²) < 4.78 is 11.4. The van der Waals surface area contributed by atoms with Crippen molar-refractivity contribution < 1.29 is 9.47 Å². The minimum atomic E-state index is 0.418. The first kappa shape index (κ1) is 16.5. The van der Waals surface area contributed by atoms with E-state index in [1.54, 1.807) is 7.11 Å². The molecule has 0 aliphatic carbocycles. The monoisotopic (exact) mass is 364 g/mol. The maximum atomic E-state index is 6.48. The maximum absolute atomic E-state index is 6.48. The van der Waals surface area contributed by atoms with Crippen LogP contribution in [0.25, 0.3) is 22.4 Å². The van der Waals surface area contributed by atoms with Gasteiger partial charge in [-0.3, -0.25) is 0 Å². The number of para-hydroxylation sites is 2. The van der Waals surface area contributed by atoms with Gasteiger partial charge in [-0.1, -0.05) is 54.1 Å². The Hall–Kier alpha value is -2.98. The lowest BCUT2D eigenvalue weighted by atomic mass is 10.2. The molecule has 5 heteroatoms. The molecule has 130 valence electrons. The second-order valence-electron chi connectivity index (χ2n) is 5.87. The van der Waals surface area contributed by atoms with Gasteiger partial charge in [-0.2, -0.15) is 0 Å². The van der Waals surface area contributed by atoms with Crippen LogP contribution >= 0.6 is 11.6 Å². The molecule has 4 rings (SSSR count). The highest BCUT2D eigenvalue weighted by Gasteiger charge is 2.15. The quantitative estimate of drug-likeness (QED) is 0.510. The molecule has 0 radical (unpaired) electrons. The first-order valence-corrected chi connectivity index (χ1v) is 8.62. The molecule has 0 spiro atoms. The van der Waals surface area contributed by atoms with Crippen molar-refractivity contribution >= 4 is 22.6 Å². The van der Waals surface area contributed by atoms with E-state index in [4.69, 9.17) is 21.1 Å². The molecule has 0 unspecified atom stereocenters. The van der Waals surface area contributed by atoms with Gasteiger partial charge in [-0.05, 0) is 29.8 Å². The average molecular weight is 365 g/mol. The van der Waals surface area contributed by atoms with E-state index in [0.717, 1.165) is 28.0 Å². The first-order valence-electron chi connectivity index (χ1n) is 8.24. The number of methoxy groups -OCH3 is 1. The summed E-state index contributed by atoms with van der Waals surface area (Å²) in [7, 11) is 1.60. The second kappa shape index (κ2) is 7.10. The van der Waals surface area contributed by atoms with Crippen molar-refractivity contribution in [3.05, 3.63) is 77.3 Å². The number of nitrogens with one attached hydrogen (secondary N) is 1. The van der Waals surface area contributed by atoms with Crippen LogP contribution in [0.2, 0.25) is 5.02 Å². The van der Waals surface area contributed by atoms with E-state index in [1.165, 1.54) is 0 Å². The fraction of sp³-hybridized carbons (Fsp3) is 0.0952. The van der Waals surface area contributed by atoms with Crippen LogP contribution in [0.4, 0.5) is 0 Å². The lowest BCUT2D eigenvalue weighted by molar-refractivity contribution is 0.285. The summed E-state index contributed by atoms with van der Waals surface area (Å²) in [4.78, 5) is 7.91. The zero-order valence-electron chi connectivity index (χ0n) is 14.2. The van der Waals surface area contributed by atoms with Crippen LogP contribution in [0.5, 0.6) is 11.5 Å². The van der Waals surface area contributed by atoms with Crippen molar-refractivity contribution in [3.8, 4) is 22.9 Å². The Labute approximate surface area is 156 Å². The number of hydrogen-bond acceptors (Lipinski definition) is 3. The Kier molecular flexibility index (Phi) is 4.50. The van der Waals surface area contributed by atoms with Crippen molar-refractivity contribution in [1.82, 2.24) is 9.97 Å². The SMILES string of the molecule is COc1cc(-c2nc3ccccc3[nH]2)cc(Cl)c1OCc1ccccc1. The van der Waals surface area contributed by atoms with E-state index in [9.17, 15) is 0 Å². The molecular weight excluding hydrogens is 348 g/mol. The van der Waals surface area contributed by atoms with Crippen molar-refractivity contribution in [2.45, 2.75) is 6.61 Å². The van der Waals surface area contributed by atoms with E-state index in [0.29, 0.717) is 23.1 Å². The van der Waals surface area contributed by atoms with E-state index < -0.39 is 0 Å². The zero-order chi connectivity index (χ0) is 17.9. The average Bonchev–Trinajstić information content (AvgIpc) is 3.11. The molecule has 0 bridgehead atoms. The summed E-state index contributed by atoms with van der Waals surface area (Å²) in [5.41, 5.74) is 3.78. The lowest BCUT2D eigenvalue weighted by Gasteiger charge is -2.13. The van der Waals surface area contributed by atoms with Crippen molar-refractivity contribution in [1.29, 1.82) is 0 Å². The van der Waals surface area contributed by atoms with E-state index in [1.807, 2.05) is 66.7 Å². The van der Waals surface area contributed by atoms with E-state index in [2.05, 4.69) is 9.97 Å². The van der Waals surface area contributed by atoms with Crippen LogP contribution in [0.15, 0.2) is 66.7 Å². The Balaban J connectivity index is 1.67. The highest BCUT2D eigenvalue weighted by molar-refractivity contribution is 6.32. The molecule has 3 aromatic carbocycles. The summed E-state index contributed by atoms with van der Waals surface area (Å²) in [6.45, 7) is 0.418. The Morgan fingerprint density at radius 3 is 2.54 bits per heavy atom. The molecule has 0 aliphatic rings. The van der Waals surface area contributed by atoms with Gasteiger partial charge >= 0.3 is 0 Å². The fourth-order valence-corrected chi connectivity index (χ4v) is 3.08. The summed E-state index contributed by atoms with van der Waals surface area (Å²) in [6.07, 6.45) is 0. The number of nitrogens with zero attached hydrogens (tertiary/aromatic N) is 1. The summed E-state index contributed by atoms with van der Waals surface area (Å²) >= 11 is 6.48. The molecule has 26 heavy (non-hydrogen) atoms. The molecule has 1 heterocycles. The van der Waals surface area contributed by atoms with Gasteiger partial charge in [-0.25, -0.2) is 4.98 Å². The van der Waals surface area contributed by atoms with E-state index in [-0.39, 0.29) is 0 Å². The molecule has 0 aliphatic heterocycles. The van der Waals surface area contributed by atoms with Crippen LogP contribution in [0.1, 0.15) is 5.56 Å². The standard InChI is InChI=1S/C21H17ClN2O2/c1-25-19-12-15(21-23-17-9-5-6-10-18(17)24-21)11-16(22)20(19)26-13-14-7-3-2-4-8-14/h2-12H,13H2,1H3,(H,23,24). The number of benzene rings is 3. The molecule has 1 N–H and O–H groups in total. The number of halogens is 1. The van der Waals surface area contributed by atoms with Crippen LogP contribution < -0.4 is 9.47 Å². The molecule has 0 fully saturated rings. The number of ether oxygens (including phenoxy) is 2. The summed E-state index contributed by atoms with van der Waals surface area (Å²) in [5.74, 6) is 1.84. The molecule has 0 amide bonds. The minimum Gasteiger partial charge on any atom is -0.493 e. The number of H-pyrrole nitrogens is 1. The van der Waals surface area contributed by atoms with Gasteiger partial charge in [0.2, 0.25) is 0 Å². The van der Waals surface area contributed by atoms with Gasteiger partial charge in [0.25, 0.3) is 0 Å². The molecule has 4 aromatic rings. The second-order valence-corrected chi connectivity index (χ2v) is 6.27. The van der Waals surface area contributed by atoms with Crippen molar-refractivity contribution in [3.63, 3.8) is 0 Å². The number of aromatic nitrogens is 2. The number of hydrogen-bond donors (Lipinski definition) is 1. The van der Waals surface area contributed by atoms with Gasteiger partial charge in [0, 0.05) is 5.56 Å². The highest BCUT2D eigenvalue weighted by atomic mass is 35.5. The number of imidazole rings is 1. The third kappa shape index (κ3) is 3.24. The van der Waals surface area contributed by atoms with Crippen LogP contribution in [-0.2, 0) is 6.61 Å². The predicted octanol–water partition coefficient (Wildman–Crippen LogP) is 5.47. The van der Waals surface area contributed by atoms with Crippen molar-refractivity contribution in [2.24, 2.45) is 0 Å². The molecule has 0 saturated heterocycles. The highest BCUT2D eigenvalue weighted by Crippen LogP contribution is 2.39. The molecule has 0 saturated carbocycles. The fourth-order valence-electron chi connectivity index (χ4n) is 2.82. The molecule has 0 atom stereocenters. The van der Waals surface area contributed by atoms with E-state index >= 15 is 0 Å². The number of rotatable bonds is 5. The Morgan fingerprint density at radius 2 is 1.77 bits per heavy atom. The summed E-state index contributed by atoms with van der Waals surface area (Å²) in [5, 5.41) is 0.482.